The highest BCUT2D eigenvalue weighted by molar-refractivity contribution is 5.99. The van der Waals surface area contributed by atoms with Gasteiger partial charge in [0.25, 0.3) is 0 Å². The van der Waals surface area contributed by atoms with Crippen LogP contribution < -0.4 is 0 Å². The second-order valence-electron chi connectivity index (χ2n) is 13.7. The molecule has 0 aromatic heterocycles. The summed E-state index contributed by atoms with van der Waals surface area (Å²) >= 11 is 0. The third-order valence-electron chi connectivity index (χ3n) is 11.6. The highest BCUT2D eigenvalue weighted by Gasteiger charge is 2.66. The summed E-state index contributed by atoms with van der Waals surface area (Å²) in [7, 11) is 1.49. The number of aliphatic hydroxyl groups excluding tert-OH is 1. The van der Waals surface area contributed by atoms with Crippen molar-refractivity contribution in [3.8, 4) is 0 Å². The lowest BCUT2D eigenvalue weighted by molar-refractivity contribution is -0.178. The summed E-state index contributed by atoms with van der Waals surface area (Å²) in [6, 6.07) is 0. The molecule has 5 nitrogen and oxygen atoms in total. The Kier molecular flexibility index (Phi) is 5.51. The second kappa shape index (κ2) is 7.79. The van der Waals surface area contributed by atoms with E-state index in [4.69, 9.17) is 4.74 Å². The highest BCUT2D eigenvalue weighted by Crippen LogP contribution is 2.70. The zero-order valence-electron chi connectivity index (χ0n) is 22.3. The molecule has 4 saturated carbocycles. The predicted octanol–water partition coefficient (Wildman–Crippen LogP) is 5.98. The van der Waals surface area contributed by atoms with Crippen molar-refractivity contribution in [2.45, 2.75) is 86.0 Å². The van der Waals surface area contributed by atoms with Gasteiger partial charge in [0, 0.05) is 17.4 Å². The van der Waals surface area contributed by atoms with Gasteiger partial charge in [0.1, 0.15) is 0 Å². The molecule has 5 aliphatic carbocycles. The van der Waals surface area contributed by atoms with Crippen molar-refractivity contribution < 1.29 is 24.2 Å². The van der Waals surface area contributed by atoms with E-state index in [1.54, 1.807) is 0 Å². The van der Waals surface area contributed by atoms with Crippen LogP contribution in [0.2, 0.25) is 0 Å². The molecule has 0 heterocycles. The first-order valence-corrected chi connectivity index (χ1v) is 13.6. The number of esters is 1. The highest BCUT2D eigenvalue weighted by atomic mass is 16.5. The van der Waals surface area contributed by atoms with Gasteiger partial charge in [0.05, 0.1) is 18.8 Å². The lowest BCUT2D eigenvalue weighted by Crippen LogP contribution is -2.61. The van der Waals surface area contributed by atoms with E-state index in [1.165, 1.54) is 12.7 Å². The average Bonchev–Trinajstić information content (AvgIpc) is 2.81. The minimum Gasteiger partial charge on any atom is -0.515 e. The molecule has 192 valence electrons. The Morgan fingerprint density at radius 1 is 1.00 bits per heavy atom. The number of aliphatic hydroxyl groups is 1. The van der Waals surface area contributed by atoms with Crippen molar-refractivity contribution in [3.05, 3.63) is 23.5 Å². The van der Waals surface area contributed by atoms with Gasteiger partial charge in [-0.05, 0) is 91.4 Å². The minimum absolute atomic E-state index is 0.00450. The summed E-state index contributed by atoms with van der Waals surface area (Å²) in [5.41, 5.74) is 0.749. The molecular weight excluding hydrogens is 440 g/mol. The van der Waals surface area contributed by atoms with Crippen LogP contribution in [-0.2, 0) is 19.1 Å². The maximum absolute atomic E-state index is 14.1. The van der Waals surface area contributed by atoms with Crippen LogP contribution >= 0.6 is 0 Å². The molecule has 0 spiro atoms. The number of hydrogen-bond acceptors (Lipinski definition) is 5. The Balaban J connectivity index is 1.61. The minimum atomic E-state index is -0.553. The molecule has 0 aliphatic heterocycles. The van der Waals surface area contributed by atoms with Crippen LogP contribution in [0.5, 0.6) is 0 Å². The van der Waals surface area contributed by atoms with Crippen LogP contribution in [0.1, 0.15) is 86.0 Å². The van der Waals surface area contributed by atoms with Crippen molar-refractivity contribution in [3.63, 3.8) is 0 Å². The SMILES string of the molecule is COC(=O)C12CCC3C(C(=O)C=C4C5(C)C/C(=C/O)C(=O)C(C)C5CCC43C)C1CC(C)(C)CC2. The van der Waals surface area contributed by atoms with E-state index in [2.05, 4.69) is 27.7 Å². The van der Waals surface area contributed by atoms with E-state index in [9.17, 15) is 19.5 Å². The summed E-state index contributed by atoms with van der Waals surface area (Å²) < 4.78 is 5.37. The first-order valence-electron chi connectivity index (χ1n) is 13.6. The lowest BCUT2D eigenvalue weighted by Gasteiger charge is -2.64. The maximum atomic E-state index is 14.1. The molecule has 1 N–H and O–H groups in total. The summed E-state index contributed by atoms with van der Waals surface area (Å²) in [4.78, 5) is 40.2. The van der Waals surface area contributed by atoms with Crippen LogP contribution in [-0.4, -0.2) is 29.8 Å². The molecule has 4 fully saturated rings. The Hall–Kier alpha value is -1.91. The monoisotopic (exact) mass is 482 g/mol. The molecule has 5 aliphatic rings. The van der Waals surface area contributed by atoms with Gasteiger partial charge in [0.15, 0.2) is 11.6 Å². The van der Waals surface area contributed by atoms with Gasteiger partial charge in [-0.1, -0.05) is 40.2 Å². The summed E-state index contributed by atoms with van der Waals surface area (Å²) in [6.07, 6.45) is 9.62. The van der Waals surface area contributed by atoms with E-state index in [-0.39, 0.29) is 63.4 Å². The normalized spacial score (nSPS) is 47.7. The number of carbonyl (C=O) groups excluding carboxylic acids is 3. The van der Waals surface area contributed by atoms with Gasteiger partial charge in [0.2, 0.25) is 0 Å². The molecule has 5 rings (SSSR count). The Morgan fingerprint density at radius 2 is 1.69 bits per heavy atom. The van der Waals surface area contributed by atoms with E-state index in [0.717, 1.165) is 51.2 Å². The molecule has 0 aromatic rings. The molecule has 0 radical (unpaired) electrons. The third-order valence-corrected chi connectivity index (χ3v) is 11.6. The Morgan fingerprint density at radius 3 is 2.34 bits per heavy atom. The number of ketones is 2. The smallest absolute Gasteiger partial charge is 0.312 e. The number of ether oxygens (including phenoxy) is 1. The quantitative estimate of drug-likeness (QED) is 0.282. The molecule has 5 heteroatoms. The fourth-order valence-electron chi connectivity index (χ4n) is 9.77. The lowest BCUT2D eigenvalue weighted by atomic mass is 9.39. The third kappa shape index (κ3) is 3.21. The van der Waals surface area contributed by atoms with Crippen molar-refractivity contribution >= 4 is 17.5 Å². The van der Waals surface area contributed by atoms with Gasteiger partial charge >= 0.3 is 5.97 Å². The summed E-state index contributed by atoms with van der Waals surface area (Å²) in [5, 5.41) is 9.85. The predicted molar refractivity (Wildman–Crippen MR) is 133 cm³/mol. The second-order valence-corrected chi connectivity index (χ2v) is 13.7. The van der Waals surface area contributed by atoms with Gasteiger partial charge in [-0.25, -0.2) is 0 Å². The average molecular weight is 483 g/mol. The maximum Gasteiger partial charge on any atom is 0.312 e. The topological polar surface area (TPSA) is 80.7 Å². The molecule has 8 atom stereocenters. The van der Waals surface area contributed by atoms with Crippen LogP contribution in [0.25, 0.3) is 0 Å². The zero-order valence-corrected chi connectivity index (χ0v) is 22.3. The van der Waals surface area contributed by atoms with Crippen LogP contribution in [0.4, 0.5) is 0 Å². The standard InChI is InChI=1S/C30H42O5/c1-17-19-7-9-28(4)20-8-10-30(26(34)35-6)12-11-27(2,3)15-21(30)24(20)22(32)13-23(28)29(19,5)14-18(16-31)25(17)33/h13,16-17,19-21,24,31H,7-12,14-15H2,1-6H3/b18-16-. The molecule has 35 heavy (non-hydrogen) atoms. The van der Waals surface area contributed by atoms with Crippen molar-refractivity contribution in [1.82, 2.24) is 0 Å². The van der Waals surface area contributed by atoms with Gasteiger partial charge in [-0.15, -0.1) is 0 Å². The van der Waals surface area contributed by atoms with Gasteiger partial charge < -0.3 is 9.84 Å². The molecule has 0 aromatic carbocycles. The number of fused-ring (bicyclic) bond motifs is 7. The van der Waals surface area contributed by atoms with Crippen molar-refractivity contribution in [1.29, 1.82) is 0 Å². The first kappa shape index (κ1) is 24.8. The van der Waals surface area contributed by atoms with Crippen LogP contribution in [0.3, 0.4) is 0 Å². The molecule has 0 amide bonds. The Labute approximate surface area is 209 Å². The van der Waals surface area contributed by atoms with E-state index in [0.29, 0.717) is 12.0 Å². The van der Waals surface area contributed by atoms with E-state index >= 15 is 0 Å². The van der Waals surface area contributed by atoms with Crippen LogP contribution in [0, 0.1) is 51.2 Å². The Bertz CT molecular complexity index is 1040. The molecular formula is C30H42O5. The van der Waals surface area contributed by atoms with E-state index in [1.807, 2.05) is 13.0 Å². The summed E-state index contributed by atoms with van der Waals surface area (Å²) in [6.45, 7) is 11.1. The largest absolute Gasteiger partial charge is 0.515 e. The number of methoxy groups -OCH3 is 1. The fraction of sp³-hybridized carbons (Fsp3) is 0.767. The fourth-order valence-corrected chi connectivity index (χ4v) is 9.77. The molecule has 0 bridgehead atoms. The molecule has 8 unspecified atom stereocenters. The molecule has 0 saturated heterocycles. The van der Waals surface area contributed by atoms with Crippen molar-refractivity contribution in [2.24, 2.45) is 51.2 Å². The number of Topliss-reactive ketones (excluding diaryl/α,β-unsaturated/α-hetero) is 1. The van der Waals surface area contributed by atoms with Gasteiger partial charge in [-0.2, -0.15) is 0 Å². The first-order chi connectivity index (χ1) is 16.3. The zero-order chi connectivity index (χ0) is 25.6. The number of rotatable bonds is 1. The van der Waals surface area contributed by atoms with Crippen molar-refractivity contribution in [2.75, 3.05) is 7.11 Å². The number of hydrogen-bond donors (Lipinski definition) is 1. The number of allylic oxidation sites excluding steroid dienone is 3. The van der Waals surface area contributed by atoms with Gasteiger partial charge in [-0.3, -0.25) is 14.4 Å². The van der Waals surface area contributed by atoms with E-state index < -0.39 is 5.41 Å². The van der Waals surface area contributed by atoms with Crippen LogP contribution in [0.15, 0.2) is 23.5 Å². The number of carbonyl (C=O) groups is 3. The summed E-state index contributed by atoms with van der Waals surface area (Å²) in [5.74, 6) is 0.132.